The Balaban J connectivity index is 1.51. The molecule has 3 rings (SSSR count). The van der Waals surface area contributed by atoms with Crippen molar-refractivity contribution in [2.75, 3.05) is 5.32 Å². The molecule has 4 heteroatoms. The third-order valence-electron chi connectivity index (χ3n) is 4.40. The van der Waals surface area contributed by atoms with Crippen LogP contribution in [0, 0.1) is 0 Å². The van der Waals surface area contributed by atoms with Crippen molar-refractivity contribution >= 4 is 17.4 Å². The number of Topliss-reactive ketones (excluding diaryl/α,β-unsaturated/α-hetero) is 1. The van der Waals surface area contributed by atoms with Crippen molar-refractivity contribution in [1.29, 1.82) is 0 Å². The summed E-state index contributed by atoms with van der Waals surface area (Å²) in [6.45, 7) is 0. The van der Waals surface area contributed by atoms with Gasteiger partial charge in [0.25, 0.3) is 0 Å². The zero-order valence-electron chi connectivity index (χ0n) is 13.5. The summed E-state index contributed by atoms with van der Waals surface area (Å²) in [5, 5.41) is 12.9. The van der Waals surface area contributed by atoms with E-state index in [1.54, 1.807) is 6.07 Å². The monoisotopic (exact) mass is 323 g/mol. The number of rotatable bonds is 6. The third kappa shape index (κ3) is 3.65. The molecule has 24 heavy (non-hydrogen) atoms. The van der Waals surface area contributed by atoms with Crippen LogP contribution >= 0.6 is 0 Å². The molecule has 0 spiro atoms. The van der Waals surface area contributed by atoms with E-state index >= 15 is 0 Å². The van der Waals surface area contributed by atoms with Crippen LogP contribution in [0.5, 0.6) is 5.75 Å². The van der Waals surface area contributed by atoms with Crippen LogP contribution in [0.1, 0.15) is 47.2 Å². The van der Waals surface area contributed by atoms with Gasteiger partial charge in [0, 0.05) is 12.8 Å². The molecule has 0 bridgehead atoms. The molecule has 2 aromatic carbocycles. The van der Waals surface area contributed by atoms with E-state index in [0.29, 0.717) is 30.5 Å². The van der Waals surface area contributed by atoms with Crippen LogP contribution in [-0.2, 0) is 17.6 Å². The van der Waals surface area contributed by atoms with E-state index in [0.717, 1.165) is 24.8 Å². The second kappa shape index (κ2) is 7.30. The van der Waals surface area contributed by atoms with Crippen LogP contribution in [-0.4, -0.2) is 16.8 Å². The molecule has 0 aliphatic heterocycles. The van der Waals surface area contributed by atoms with Crippen molar-refractivity contribution in [2.24, 2.45) is 0 Å². The molecule has 0 fully saturated rings. The Hall–Kier alpha value is -2.62. The number of anilines is 1. The number of aromatic hydroxyl groups is 1. The van der Waals surface area contributed by atoms with Gasteiger partial charge in [0.1, 0.15) is 5.75 Å². The van der Waals surface area contributed by atoms with Crippen molar-refractivity contribution in [3.05, 3.63) is 59.2 Å². The van der Waals surface area contributed by atoms with Crippen molar-refractivity contribution in [3.8, 4) is 5.75 Å². The minimum Gasteiger partial charge on any atom is -0.505 e. The fraction of sp³-hybridized carbons (Fsp3) is 0.300. The van der Waals surface area contributed by atoms with E-state index in [4.69, 9.17) is 0 Å². The predicted octanol–water partition coefficient (Wildman–Crippen LogP) is 3.87. The van der Waals surface area contributed by atoms with Gasteiger partial charge in [0.15, 0.2) is 5.78 Å². The molecular weight excluding hydrogens is 302 g/mol. The number of phenolic OH excluding ortho intramolecular Hbond substituents is 1. The molecule has 0 atom stereocenters. The molecule has 1 aliphatic carbocycles. The topological polar surface area (TPSA) is 66.4 Å². The van der Waals surface area contributed by atoms with Crippen LogP contribution in [0.3, 0.4) is 0 Å². The molecule has 0 heterocycles. The Bertz CT molecular complexity index is 753. The molecule has 1 aliphatic rings. The molecule has 4 nitrogen and oxygen atoms in total. The van der Waals surface area contributed by atoms with Crippen LogP contribution in [0.25, 0.3) is 0 Å². The second-order valence-electron chi connectivity index (χ2n) is 6.16. The molecule has 2 N–H and O–H groups in total. The Labute approximate surface area is 141 Å². The average molecular weight is 323 g/mol. The van der Waals surface area contributed by atoms with Crippen LogP contribution in [0.2, 0.25) is 0 Å². The molecule has 124 valence electrons. The van der Waals surface area contributed by atoms with Gasteiger partial charge in [-0.3, -0.25) is 9.59 Å². The molecule has 0 saturated carbocycles. The lowest BCUT2D eigenvalue weighted by Gasteiger charge is -2.10. The summed E-state index contributed by atoms with van der Waals surface area (Å²) in [5.41, 5.74) is 2.83. The minimum absolute atomic E-state index is 0.0542. The van der Waals surface area contributed by atoms with E-state index in [1.165, 1.54) is 5.56 Å². The number of carbonyl (C=O) groups is 2. The molecule has 1 amide bonds. The SMILES string of the molecule is O=C(CCCCc1ccccc1)Nc1ccc2c(c1O)C(=O)CC2. The third-order valence-corrected chi connectivity index (χ3v) is 4.40. The van der Waals surface area contributed by atoms with Crippen LogP contribution in [0.15, 0.2) is 42.5 Å². The Morgan fingerprint density at radius 1 is 1.04 bits per heavy atom. The molecular formula is C20H21NO3. The fourth-order valence-electron chi connectivity index (χ4n) is 3.10. The molecule has 0 radical (unpaired) electrons. The number of benzene rings is 2. The van der Waals surface area contributed by atoms with E-state index in [1.807, 2.05) is 24.3 Å². The largest absolute Gasteiger partial charge is 0.505 e. The molecule has 0 aromatic heterocycles. The lowest BCUT2D eigenvalue weighted by Crippen LogP contribution is -2.12. The van der Waals surface area contributed by atoms with Gasteiger partial charge >= 0.3 is 0 Å². The highest BCUT2D eigenvalue weighted by Gasteiger charge is 2.25. The maximum atomic E-state index is 12.1. The Morgan fingerprint density at radius 3 is 2.62 bits per heavy atom. The quantitative estimate of drug-likeness (QED) is 0.626. The molecule has 2 aromatic rings. The summed E-state index contributed by atoms with van der Waals surface area (Å²) < 4.78 is 0. The van der Waals surface area contributed by atoms with Crippen LogP contribution < -0.4 is 5.32 Å². The highest BCUT2D eigenvalue weighted by molar-refractivity contribution is 6.05. The molecule has 0 unspecified atom stereocenters. The van der Waals surface area contributed by atoms with Gasteiger partial charge < -0.3 is 10.4 Å². The van der Waals surface area contributed by atoms with E-state index in [-0.39, 0.29) is 17.4 Å². The first-order valence-electron chi connectivity index (χ1n) is 8.37. The highest BCUT2D eigenvalue weighted by Crippen LogP contribution is 2.35. The number of unbranched alkanes of at least 4 members (excludes halogenated alkanes) is 1. The minimum atomic E-state index is -0.135. The first-order chi connectivity index (χ1) is 11.6. The van der Waals surface area contributed by atoms with Crippen molar-refractivity contribution in [1.82, 2.24) is 0 Å². The number of ketones is 1. The summed E-state index contributed by atoms with van der Waals surface area (Å²) in [5.74, 6) is -0.280. The summed E-state index contributed by atoms with van der Waals surface area (Å²) in [6, 6.07) is 13.7. The summed E-state index contributed by atoms with van der Waals surface area (Å²) in [4.78, 5) is 23.8. The van der Waals surface area contributed by atoms with Crippen molar-refractivity contribution in [3.63, 3.8) is 0 Å². The highest BCUT2D eigenvalue weighted by atomic mass is 16.3. The number of carbonyl (C=O) groups excluding carboxylic acids is 2. The number of phenols is 1. The summed E-state index contributed by atoms with van der Waals surface area (Å²) in [7, 11) is 0. The number of hydrogen-bond acceptors (Lipinski definition) is 3. The van der Waals surface area contributed by atoms with Gasteiger partial charge in [-0.1, -0.05) is 36.4 Å². The van der Waals surface area contributed by atoms with Crippen LogP contribution in [0.4, 0.5) is 5.69 Å². The smallest absolute Gasteiger partial charge is 0.224 e. The van der Waals surface area contributed by atoms with Gasteiger partial charge in [-0.25, -0.2) is 0 Å². The van der Waals surface area contributed by atoms with Gasteiger partial charge in [-0.2, -0.15) is 0 Å². The average Bonchev–Trinajstić information content (AvgIpc) is 2.97. The number of nitrogens with one attached hydrogen (secondary N) is 1. The number of fused-ring (bicyclic) bond motifs is 1. The zero-order valence-corrected chi connectivity index (χ0v) is 13.5. The van der Waals surface area contributed by atoms with Gasteiger partial charge in [0.05, 0.1) is 11.3 Å². The standard InChI is InChI=1S/C20H21NO3/c22-17-13-11-15-10-12-16(20(24)19(15)17)21-18(23)9-5-4-8-14-6-2-1-3-7-14/h1-3,6-7,10,12,24H,4-5,8-9,11,13H2,(H,21,23). The maximum Gasteiger partial charge on any atom is 0.224 e. The number of hydrogen-bond donors (Lipinski definition) is 2. The van der Waals surface area contributed by atoms with E-state index < -0.39 is 0 Å². The van der Waals surface area contributed by atoms with Crippen molar-refractivity contribution in [2.45, 2.75) is 38.5 Å². The van der Waals surface area contributed by atoms with E-state index in [2.05, 4.69) is 17.4 Å². The summed E-state index contributed by atoms with van der Waals surface area (Å²) >= 11 is 0. The lowest BCUT2D eigenvalue weighted by atomic mass is 10.1. The predicted molar refractivity (Wildman–Crippen MR) is 93.4 cm³/mol. The Kier molecular flexibility index (Phi) is 4.94. The van der Waals surface area contributed by atoms with Gasteiger partial charge in [0.2, 0.25) is 5.91 Å². The lowest BCUT2D eigenvalue weighted by molar-refractivity contribution is -0.116. The Morgan fingerprint density at radius 2 is 1.83 bits per heavy atom. The molecule has 0 saturated heterocycles. The first-order valence-corrected chi connectivity index (χ1v) is 8.37. The number of amides is 1. The van der Waals surface area contributed by atoms with Crippen molar-refractivity contribution < 1.29 is 14.7 Å². The second-order valence-corrected chi connectivity index (χ2v) is 6.16. The maximum absolute atomic E-state index is 12.1. The normalized spacial score (nSPS) is 12.9. The van der Waals surface area contributed by atoms with Gasteiger partial charge in [-0.15, -0.1) is 0 Å². The van der Waals surface area contributed by atoms with Gasteiger partial charge in [-0.05, 0) is 42.9 Å². The van der Waals surface area contributed by atoms with E-state index in [9.17, 15) is 14.7 Å². The first kappa shape index (κ1) is 16.2. The zero-order chi connectivity index (χ0) is 16.9. The summed E-state index contributed by atoms with van der Waals surface area (Å²) in [6.07, 6.45) is 4.16. The fourth-order valence-corrected chi connectivity index (χ4v) is 3.10. The number of aryl methyl sites for hydroxylation is 2.